The first-order chi connectivity index (χ1) is 8.52. The molecule has 0 saturated heterocycles. The van der Waals surface area contributed by atoms with E-state index in [4.69, 9.17) is 4.74 Å². The van der Waals surface area contributed by atoms with E-state index in [1.165, 1.54) is 11.3 Å². The van der Waals surface area contributed by atoms with Gasteiger partial charge < -0.3 is 10.1 Å². The van der Waals surface area contributed by atoms with Gasteiger partial charge in [-0.15, -0.1) is 0 Å². The summed E-state index contributed by atoms with van der Waals surface area (Å²) in [7, 11) is 0. The van der Waals surface area contributed by atoms with Crippen molar-refractivity contribution in [3.63, 3.8) is 0 Å². The minimum atomic E-state index is 0.352. The first kappa shape index (κ1) is 13.3. The van der Waals surface area contributed by atoms with Crippen molar-refractivity contribution < 1.29 is 4.74 Å². The van der Waals surface area contributed by atoms with Gasteiger partial charge in [0.15, 0.2) is 0 Å². The van der Waals surface area contributed by atoms with Crippen molar-refractivity contribution in [3.05, 3.63) is 23.8 Å². The normalized spacial score (nSPS) is 19.0. The molecule has 2 heteroatoms. The van der Waals surface area contributed by atoms with Gasteiger partial charge in [-0.1, -0.05) is 39.8 Å². The molecule has 0 amide bonds. The van der Waals surface area contributed by atoms with E-state index in [0.717, 1.165) is 31.7 Å². The third-order valence-electron chi connectivity index (χ3n) is 3.79. The quantitative estimate of drug-likeness (QED) is 0.868. The van der Waals surface area contributed by atoms with Crippen LogP contribution in [0, 0.1) is 11.3 Å². The van der Waals surface area contributed by atoms with Gasteiger partial charge in [-0.05, 0) is 35.8 Å². The monoisotopic (exact) mass is 247 g/mol. The fourth-order valence-corrected chi connectivity index (χ4v) is 2.45. The Labute approximate surface area is 111 Å². The Morgan fingerprint density at radius 2 is 2.11 bits per heavy atom. The largest absolute Gasteiger partial charge is 0.491 e. The van der Waals surface area contributed by atoms with Gasteiger partial charge in [0.25, 0.3) is 0 Å². The van der Waals surface area contributed by atoms with E-state index >= 15 is 0 Å². The number of para-hydroxylation sites is 1. The van der Waals surface area contributed by atoms with Gasteiger partial charge >= 0.3 is 0 Å². The molecule has 2 rings (SSSR count). The molecule has 1 aromatic carbocycles. The predicted molar refractivity (Wildman–Crippen MR) is 77.4 cm³/mol. The number of hydrogen-bond donors (Lipinski definition) is 1. The van der Waals surface area contributed by atoms with Crippen LogP contribution in [0.25, 0.3) is 0 Å². The fraction of sp³-hybridized carbons (Fsp3) is 0.625. The summed E-state index contributed by atoms with van der Waals surface area (Å²) in [6.07, 6.45) is 2.20. The molecule has 0 spiro atoms. The molecule has 18 heavy (non-hydrogen) atoms. The first-order valence-electron chi connectivity index (χ1n) is 7.01. The second-order valence-corrected chi connectivity index (χ2v) is 6.29. The van der Waals surface area contributed by atoms with Crippen LogP contribution in [0.5, 0.6) is 5.75 Å². The predicted octanol–water partition coefficient (Wildman–Crippen LogP) is 4.11. The molecule has 1 aliphatic rings. The van der Waals surface area contributed by atoms with E-state index in [0.29, 0.717) is 11.3 Å². The van der Waals surface area contributed by atoms with Crippen LogP contribution < -0.4 is 10.1 Å². The van der Waals surface area contributed by atoms with E-state index in [1.54, 1.807) is 0 Å². The van der Waals surface area contributed by atoms with Crippen LogP contribution in [-0.2, 0) is 6.42 Å². The molecule has 0 aliphatic carbocycles. The van der Waals surface area contributed by atoms with Crippen LogP contribution >= 0.6 is 0 Å². The molecule has 1 heterocycles. The Morgan fingerprint density at radius 1 is 1.33 bits per heavy atom. The number of anilines is 1. The molecular formula is C16H25NO. The Morgan fingerprint density at radius 3 is 2.78 bits per heavy atom. The maximum atomic E-state index is 5.81. The van der Waals surface area contributed by atoms with Crippen molar-refractivity contribution in [2.45, 2.75) is 40.5 Å². The Kier molecular flexibility index (Phi) is 3.84. The maximum Gasteiger partial charge on any atom is 0.142 e. The number of ether oxygens (including phenoxy) is 1. The summed E-state index contributed by atoms with van der Waals surface area (Å²) in [4.78, 5) is 0. The Balaban J connectivity index is 2.19. The minimum Gasteiger partial charge on any atom is -0.491 e. The molecule has 0 fully saturated rings. The standard InChI is InChI=1S/C16H25NO/c1-5-9-18-14-8-6-7-12-10-13(16(2,3)4)11-17-15(12)14/h6-8,13,17H,5,9-11H2,1-4H3. The number of benzene rings is 1. The van der Waals surface area contributed by atoms with Gasteiger partial charge in [0.2, 0.25) is 0 Å². The molecule has 0 aromatic heterocycles. The molecule has 0 radical (unpaired) electrons. The molecule has 100 valence electrons. The third-order valence-corrected chi connectivity index (χ3v) is 3.79. The van der Waals surface area contributed by atoms with Gasteiger partial charge in [-0.3, -0.25) is 0 Å². The summed E-state index contributed by atoms with van der Waals surface area (Å²) in [5, 5.41) is 3.57. The molecule has 1 N–H and O–H groups in total. The lowest BCUT2D eigenvalue weighted by molar-refractivity contribution is 0.245. The maximum absolute atomic E-state index is 5.81. The van der Waals surface area contributed by atoms with E-state index in [1.807, 2.05) is 0 Å². The average Bonchev–Trinajstić information content (AvgIpc) is 2.34. The zero-order chi connectivity index (χ0) is 13.2. The van der Waals surface area contributed by atoms with E-state index < -0.39 is 0 Å². The summed E-state index contributed by atoms with van der Waals surface area (Å²) < 4.78 is 5.81. The smallest absolute Gasteiger partial charge is 0.142 e. The molecule has 0 saturated carbocycles. The highest BCUT2D eigenvalue weighted by Crippen LogP contribution is 2.39. The van der Waals surface area contributed by atoms with Crippen LogP contribution in [0.15, 0.2) is 18.2 Å². The van der Waals surface area contributed by atoms with Gasteiger partial charge in [-0.25, -0.2) is 0 Å². The van der Waals surface area contributed by atoms with Crippen molar-refractivity contribution in [1.82, 2.24) is 0 Å². The zero-order valence-electron chi connectivity index (χ0n) is 12.0. The molecule has 1 aliphatic heterocycles. The average molecular weight is 247 g/mol. The first-order valence-corrected chi connectivity index (χ1v) is 7.01. The molecule has 2 nitrogen and oxygen atoms in total. The van der Waals surface area contributed by atoms with Crippen LogP contribution in [0.4, 0.5) is 5.69 Å². The lowest BCUT2D eigenvalue weighted by Gasteiger charge is -2.36. The summed E-state index contributed by atoms with van der Waals surface area (Å²) in [5.74, 6) is 1.70. The fourth-order valence-electron chi connectivity index (χ4n) is 2.45. The summed E-state index contributed by atoms with van der Waals surface area (Å²) in [6.45, 7) is 10.9. The number of hydrogen-bond acceptors (Lipinski definition) is 2. The SMILES string of the molecule is CCCOc1cccc2c1NCC(C(C)(C)C)C2. The van der Waals surface area contributed by atoms with Crippen molar-refractivity contribution in [2.24, 2.45) is 11.3 Å². The van der Waals surface area contributed by atoms with Gasteiger partial charge in [0.05, 0.1) is 12.3 Å². The van der Waals surface area contributed by atoms with Crippen molar-refractivity contribution in [1.29, 1.82) is 0 Å². The summed E-state index contributed by atoms with van der Waals surface area (Å²) >= 11 is 0. The van der Waals surface area contributed by atoms with Crippen molar-refractivity contribution in [2.75, 3.05) is 18.5 Å². The molecular weight excluding hydrogens is 222 g/mol. The lowest BCUT2D eigenvalue weighted by Crippen LogP contribution is -2.33. The molecule has 1 aromatic rings. The van der Waals surface area contributed by atoms with Crippen molar-refractivity contribution >= 4 is 5.69 Å². The number of nitrogens with one attached hydrogen (secondary N) is 1. The Bertz CT molecular complexity index is 406. The zero-order valence-corrected chi connectivity index (χ0v) is 12.0. The second kappa shape index (κ2) is 5.21. The summed E-state index contributed by atoms with van der Waals surface area (Å²) in [6, 6.07) is 6.40. The van der Waals surface area contributed by atoms with Crippen molar-refractivity contribution in [3.8, 4) is 5.75 Å². The van der Waals surface area contributed by atoms with E-state index in [9.17, 15) is 0 Å². The van der Waals surface area contributed by atoms with E-state index in [2.05, 4.69) is 51.2 Å². The molecule has 1 atom stereocenters. The second-order valence-electron chi connectivity index (χ2n) is 6.29. The number of rotatable bonds is 3. The highest BCUT2D eigenvalue weighted by atomic mass is 16.5. The summed E-state index contributed by atoms with van der Waals surface area (Å²) in [5.41, 5.74) is 2.96. The molecule has 1 unspecified atom stereocenters. The highest BCUT2D eigenvalue weighted by molar-refractivity contribution is 5.63. The minimum absolute atomic E-state index is 0.352. The lowest BCUT2D eigenvalue weighted by atomic mass is 9.75. The van der Waals surface area contributed by atoms with Crippen LogP contribution in [0.3, 0.4) is 0 Å². The van der Waals surface area contributed by atoms with Gasteiger partial charge in [0.1, 0.15) is 5.75 Å². The molecule has 0 bridgehead atoms. The third kappa shape index (κ3) is 2.80. The number of fused-ring (bicyclic) bond motifs is 1. The van der Waals surface area contributed by atoms with Gasteiger partial charge in [0, 0.05) is 6.54 Å². The van der Waals surface area contributed by atoms with Crippen LogP contribution in [-0.4, -0.2) is 13.2 Å². The topological polar surface area (TPSA) is 21.3 Å². The van der Waals surface area contributed by atoms with Crippen LogP contribution in [0.1, 0.15) is 39.7 Å². The van der Waals surface area contributed by atoms with E-state index in [-0.39, 0.29) is 0 Å². The highest BCUT2D eigenvalue weighted by Gasteiger charge is 2.29. The van der Waals surface area contributed by atoms with Crippen LogP contribution in [0.2, 0.25) is 0 Å². The Hall–Kier alpha value is -1.18. The van der Waals surface area contributed by atoms with Gasteiger partial charge in [-0.2, -0.15) is 0 Å².